The lowest BCUT2D eigenvalue weighted by Gasteiger charge is -1.98. The maximum absolute atomic E-state index is 10.1. The van der Waals surface area contributed by atoms with Gasteiger partial charge in [-0.25, -0.2) is 0 Å². The third kappa shape index (κ3) is 62.9. The van der Waals surface area contributed by atoms with E-state index >= 15 is 0 Å². The van der Waals surface area contributed by atoms with Crippen LogP contribution in [-0.2, 0) is 28.8 Å². The van der Waals surface area contributed by atoms with Crippen LogP contribution in [0.3, 0.4) is 0 Å². The molecule has 6 N–H and O–H groups in total. The average Bonchev–Trinajstić information content (AvgIpc) is 2.88. The van der Waals surface area contributed by atoms with E-state index in [9.17, 15) is 28.8 Å². The molecule has 0 aliphatic rings. The second kappa shape index (κ2) is 40.4. The molecule has 262 valence electrons. The van der Waals surface area contributed by atoms with Gasteiger partial charge in [-0.1, -0.05) is 77.0 Å². The van der Waals surface area contributed by atoms with E-state index in [2.05, 4.69) is 0 Å². The molecule has 0 spiro atoms. The highest BCUT2D eigenvalue weighted by Crippen LogP contribution is 2.10. The number of hydrogen-bond acceptors (Lipinski definition) is 6. The van der Waals surface area contributed by atoms with E-state index in [-0.39, 0.29) is 63.3 Å². The Kier molecular flexibility index (Phi) is 46.8. The first-order chi connectivity index (χ1) is 19.9. The molecular weight excluding hydrogens is 623 g/mol. The summed E-state index contributed by atoms with van der Waals surface area (Å²) in [5.74, 6) is -4.44. The minimum absolute atomic E-state index is 0. The van der Waals surface area contributed by atoms with E-state index in [4.69, 9.17) is 30.6 Å². The van der Waals surface area contributed by atoms with Crippen molar-refractivity contribution in [1.29, 1.82) is 0 Å². The first-order valence-corrected chi connectivity index (χ1v) is 15.2. The fraction of sp³-hybridized carbons (Fsp3) is 0.800. The molecule has 0 atom stereocenters. The summed E-state index contributed by atoms with van der Waals surface area (Å²) < 4.78 is 0. The van der Waals surface area contributed by atoms with E-state index in [0.717, 1.165) is 116 Å². The molecule has 0 aromatic carbocycles. The Balaban J connectivity index is -0.000000169. The Bertz CT molecular complexity index is 578. The van der Waals surface area contributed by atoms with Gasteiger partial charge in [-0.15, -0.1) is 0 Å². The maximum Gasteiger partial charge on any atom is 0.303 e. The van der Waals surface area contributed by atoms with Crippen molar-refractivity contribution in [2.45, 2.75) is 154 Å². The van der Waals surface area contributed by atoms with Gasteiger partial charge in [0.1, 0.15) is 0 Å². The molecule has 0 saturated heterocycles. The van der Waals surface area contributed by atoms with Crippen LogP contribution in [-0.4, -0.2) is 66.5 Å². The van der Waals surface area contributed by atoms with Crippen molar-refractivity contribution in [2.75, 3.05) is 0 Å². The predicted octanol–water partition coefficient (Wildman–Crippen LogP) is 0.837. The Morgan fingerprint density at radius 1 is 0.227 bits per heavy atom. The van der Waals surface area contributed by atoms with Crippen LogP contribution in [0.5, 0.6) is 0 Å². The number of hydrogen-bond donors (Lipinski definition) is 6. The fourth-order valence-electron chi connectivity index (χ4n) is 3.78. The molecule has 0 radical (unpaired) electrons. The first kappa shape index (κ1) is 51.0. The minimum Gasteiger partial charge on any atom is -1.00 e. The van der Waals surface area contributed by atoms with Gasteiger partial charge in [0.05, 0.1) is 0 Å². The zero-order valence-electron chi connectivity index (χ0n) is 25.9. The second-order valence-corrected chi connectivity index (χ2v) is 10.2. The third-order valence-electron chi connectivity index (χ3n) is 6.09. The molecule has 0 bridgehead atoms. The number of carbonyl (C=O) groups is 6. The van der Waals surface area contributed by atoms with Crippen molar-refractivity contribution in [1.82, 2.24) is 0 Å². The zero-order valence-corrected chi connectivity index (χ0v) is 27.4. The van der Waals surface area contributed by atoms with Gasteiger partial charge in [0, 0.05) is 38.5 Å². The van der Waals surface area contributed by atoms with Crippen molar-refractivity contribution in [3.8, 4) is 0 Å². The molecule has 44 heavy (non-hydrogen) atoms. The molecule has 0 aliphatic carbocycles. The van der Waals surface area contributed by atoms with Crippen LogP contribution in [0.15, 0.2) is 0 Å². The normalized spacial score (nSPS) is 9.55. The van der Waals surface area contributed by atoms with E-state index in [1.54, 1.807) is 0 Å². The summed E-state index contributed by atoms with van der Waals surface area (Å²) in [6.07, 6.45) is 17.5. The van der Waals surface area contributed by atoms with Crippen molar-refractivity contribution >= 4 is 35.8 Å². The van der Waals surface area contributed by atoms with E-state index < -0.39 is 35.8 Å². The van der Waals surface area contributed by atoms with Gasteiger partial charge < -0.3 is 55.5 Å². The van der Waals surface area contributed by atoms with E-state index in [0.29, 0.717) is 0 Å². The minimum atomic E-state index is -0.740. The highest BCUT2D eigenvalue weighted by Gasteiger charge is 2.00. The number of unbranched alkanes of at least 4 members (excludes halogenated alkanes) is 15. The van der Waals surface area contributed by atoms with Gasteiger partial charge >= 0.3 is 35.8 Å². The number of halogens is 2. The van der Waals surface area contributed by atoms with Crippen molar-refractivity contribution in [3.05, 3.63) is 0 Å². The monoisotopic (exact) mass is 676 g/mol. The molecule has 14 heteroatoms. The van der Waals surface area contributed by atoms with Gasteiger partial charge in [-0.3, -0.25) is 28.8 Å². The summed E-state index contributed by atoms with van der Waals surface area (Å²) in [7, 11) is 0. The first-order valence-electron chi connectivity index (χ1n) is 15.2. The van der Waals surface area contributed by atoms with Crippen LogP contribution in [0, 0.1) is 0 Å². The van der Waals surface area contributed by atoms with Gasteiger partial charge in [0.15, 0.2) is 0 Å². The van der Waals surface area contributed by atoms with Crippen LogP contribution < -0.4 is 24.8 Å². The lowest BCUT2D eigenvalue weighted by molar-refractivity contribution is -0.138. The van der Waals surface area contributed by atoms with Crippen molar-refractivity contribution in [2.24, 2.45) is 0 Å². The number of aliphatic carboxylic acids is 6. The Labute approximate surface area is 273 Å². The molecule has 0 unspecified atom stereocenters. The maximum atomic E-state index is 10.1. The topological polar surface area (TPSA) is 224 Å². The smallest absolute Gasteiger partial charge is 0.303 e. The van der Waals surface area contributed by atoms with Gasteiger partial charge in [0.2, 0.25) is 0 Å². The highest BCUT2D eigenvalue weighted by molar-refractivity contribution is 5.68. The lowest BCUT2D eigenvalue weighted by atomic mass is 10.1. The van der Waals surface area contributed by atoms with Gasteiger partial charge in [-0.2, -0.15) is 0 Å². The summed E-state index contributed by atoms with van der Waals surface area (Å²) in [4.78, 5) is 60.9. The largest absolute Gasteiger partial charge is 1.00 e. The van der Waals surface area contributed by atoms with Gasteiger partial charge in [0.25, 0.3) is 0 Å². The van der Waals surface area contributed by atoms with Crippen molar-refractivity contribution in [3.63, 3.8) is 0 Å². The number of rotatable bonds is 27. The second-order valence-electron chi connectivity index (χ2n) is 10.2. The van der Waals surface area contributed by atoms with Crippen LogP contribution >= 0.6 is 0 Å². The van der Waals surface area contributed by atoms with E-state index in [1.165, 1.54) is 0 Å². The quantitative estimate of drug-likeness (QED) is 0.0666. The Morgan fingerprint density at radius 2 is 0.318 bits per heavy atom. The molecular formula is C30H54Cl2O12-2. The summed E-state index contributed by atoms with van der Waals surface area (Å²) in [6.45, 7) is 0. The highest BCUT2D eigenvalue weighted by atomic mass is 35.5. The summed E-state index contributed by atoms with van der Waals surface area (Å²) in [6, 6.07) is 0. The Hall–Kier alpha value is -2.60. The molecule has 0 aromatic heterocycles. The summed E-state index contributed by atoms with van der Waals surface area (Å²) in [5.41, 5.74) is 0. The lowest BCUT2D eigenvalue weighted by Crippen LogP contribution is -3.00. The summed E-state index contributed by atoms with van der Waals surface area (Å²) >= 11 is 0. The number of carboxylic acid groups (broad SMARTS) is 6. The molecule has 0 aromatic rings. The predicted molar refractivity (Wildman–Crippen MR) is 157 cm³/mol. The van der Waals surface area contributed by atoms with Crippen LogP contribution in [0.4, 0.5) is 0 Å². The molecule has 0 aliphatic heterocycles. The van der Waals surface area contributed by atoms with Crippen LogP contribution in [0.1, 0.15) is 154 Å². The summed E-state index contributed by atoms with van der Waals surface area (Å²) in [5, 5.41) is 50.1. The van der Waals surface area contributed by atoms with Gasteiger partial charge in [-0.05, 0) is 38.5 Å². The third-order valence-corrected chi connectivity index (χ3v) is 6.09. The van der Waals surface area contributed by atoms with Crippen LogP contribution in [0.25, 0.3) is 0 Å². The van der Waals surface area contributed by atoms with Crippen molar-refractivity contribution < 1.29 is 84.2 Å². The zero-order chi connectivity index (χ0) is 32.4. The molecule has 0 fully saturated rings. The molecule has 0 amide bonds. The number of carboxylic acids is 6. The molecule has 0 saturated carbocycles. The molecule has 0 rings (SSSR count). The fourth-order valence-corrected chi connectivity index (χ4v) is 3.78. The molecule has 0 heterocycles. The van der Waals surface area contributed by atoms with Crippen LogP contribution in [0.2, 0.25) is 0 Å². The SMILES string of the molecule is O=C(O)CCCCCCCCC(=O)O.O=C(O)CCCCCCCCC(=O)O.O=C(O)CCCCCCCCC(=O)O.[Cl-].[Cl-]. The average molecular weight is 678 g/mol. The molecule has 12 nitrogen and oxygen atoms in total. The Morgan fingerprint density at radius 3 is 0.409 bits per heavy atom. The standard InChI is InChI=1S/3C10H18O4.2ClH/c3*11-9(12)7-5-3-1-2-4-6-8-10(13)14;;/h3*1-8H2,(H,11,12)(H,13,14);2*1H/p-2. The van der Waals surface area contributed by atoms with E-state index in [1.807, 2.05) is 0 Å².